The van der Waals surface area contributed by atoms with Gasteiger partial charge >= 0.3 is 0 Å². The van der Waals surface area contributed by atoms with Gasteiger partial charge in [0.15, 0.2) is 0 Å². The SMILES string of the molecule is NCCCN1CC=C(c2ccccc2)CC1. The first kappa shape index (κ1) is 11.4. The second kappa shape index (κ2) is 5.83. The molecule has 0 aliphatic carbocycles. The lowest BCUT2D eigenvalue weighted by Crippen LogP contribution is -2.30. The Balaban J connectivity index is 1.93. The van der Waals surface area contributed by atoms with E-state index in [4.69, 9.17) is 5.73 Å². The first-order valence-corrected chi connectivity index (χ1v) is 6.07. The Morgan fingerprint density at radius 3 is 2.62 bits per heavy atom. The molecule has 1 aromatic rings. The van der Waals surface area contributed by atoms with Gasteiger partial charge < -0.3 is 5.73 Å². The lowest BCUT2D eigenvalue weighted by Gasteiger charge is -2.26. The zero-order valence-corrected chi connectivity index (χ0v) is 9.73. The van der Waals surface area contributed by atoms with E-state index in [0.717, 1.165) is 32.5 Å². The highest BCUT2D eigenvalue weighted by atomic mass is 15.1. The molecule has 0 fully saturated rings. The zero-order valence-electron chi connectivity index (χ0n) is 9.73. The van der Waals surface area contributed by atoms with E-state index >= 15 is 0 Å². The maximum Gasteiger partial charge on any atom is 0.0169 e. The van der Waals surface area contributed by atoms with Crippen molar-refractivity contribution in [2.75, 3.05) is 26.2 Å². The third kappa shape index (κ3) is 2.94. The predicted octanol–water partition coefficient (Wildman–Crippen LogP) is 2.12. The smallest absolute Gasteiger partial charge is 0.0169 e. The second-order valence-corrected chi connectivity index (χ2v) is 4.29. The van der Waals surface area contributed by atoms with E-state index in [9.17, 15) is 0 Å². The standard InChI is InChI=1S/C14H20N2/c15-9-4-10-16-11-7-14(8-12-16)13-5-2-1-3-6-13/h1-3,5-7H,4,8-12,15H2. The van der Waals surface area contributed by atoms with Crippen LogP contribution in [-0.2, 0) is 0 Å². The number of nitrogens with two attached hydrogens (primary N) is 1. The molecular formula is C14H20N2. The Labute approximate surface area is 97.8 Å². The van der Waals surface area contributed by atoms with Crippen LogP contribution in [0.15, 0.2) is 36.4 Å². The van der Waals surface area contributed by atoms with Crippen molar-refractivity contribution in [3.05, 3.63) is 42.0 Å². The van der Waals surface area contributed by atoms with Crippen LogP contribution < -0.4 is 5.73 Å². The molecule has 1 aliphatic heterocycles. The van der Waals surface area contributed by atoms with Gasteiger partial charge in [-0.3, -0.25) is 4.90 Å². The van der Waals surface area contributed by atoms with Crippen LogP contribution in [0.1, 0.15) is 18.4 Å². The third-order valence-electron chi connectivity index (χ3n) is 3.12. The lowest BCUT2D eigenvalue weighted by atomic mass is 9.99. The Morgan fingerprint density at radius 2 is 2.00 bits per heavy atom. The predicted molar refractivity (Wildman–Crippen MR) is 69.1 cm³/mol. The molecular weight excluding hydrogens is 196 g/mol. The zero-order chi connectivity index (χ0) is 11.2. The molecule has 0 radical (unpaired) electrons. The topological polar surface area (TPSA) is 29.3 Å². The molecule has 0 unspecified atom stereocenters. The van der Waals surface area contributed by atoms with Gasteiger partial charge in [-0.1, -0.05) is 36.4 Å². The summed E-state index contributed by atoms with van der Waals surface area (Å²) in [6, 6.07) is 10.7. The van der Waals surface area contributed by atoms with E-state index in [-0.39, 0.29) is 0 Å². The largest absolute Gasteiger partial charge is 0.330 e. The molecule has 2 rings (SSSR count). The first-order chi connectivity index (χ1) is 7.90. The molecule has 0 saturated carbocycles. The quantitative estimate of drug-likeness (QED) is 0.835. The van der Waals surface area contributed by atoms with Crippen LogP contribution in [0.3, 0.4) is 0 Å². The Hall–Kier alpha value is -1.12. The molecule has 1 aliphatic rings. The summed E-state index contributed by atoms with van der Waals surface area (Å²) in [6.07, 6.45) is 4.62. The van der Waals surface area contributed by atoms with Crippen molar-refractivity contribution < 1.29 is 0 Å². The first-order valence-electron chi connectivity index (χ1n) is 6.07. The van der Waals surface area contributed by atoms with Crippen molar-refractivity contribution in [1.82, 2.24) is 4.90 Å². The third-order valence-corrected chi connectivity index (χ3v) is 3.12. The monoisotopic (exact) mass is 216 g/mol. The highest BCUT2D eigenvalue weighted by Crippen LogP contribution is 2.21. The van der Waals surface area contributed by atoms with Crippen LogP contribution >= 0.6 is 0 Å². The van der Waals surface area contributed by atoms with Crippen molar-refractivity contribution in [1.29, 1.82) is 0 Å². The van der Waals surface area contributed by atoms with Crippen LogP contribution in [0, 0.1) is 0 Å². The molecule has 0 spiro atoms. The lowest BCUT2D eigenvalue weighted by molar-refractivity contribution is 0.300. The van der Waals surface area contributed by atoms with Gasteiger partial charge in [-0.25, -0.2) is 0 Å². The number of nitrogens with zero attached hydrogens (tertiary/aromatic N) is 1. The van der Waals surface area contributed by atoms with Crippen molar-refractivity contribution >= 4 is 5.57 Å². The normalized spacial score (nSPS) is 17.2. The van der Waals surface area contributed by atoms with Crippen molar-refractivity contribution in [2.45, 2.75) is 12.8 Å². The van der Waals surface area contributed by atoms with E-state index in [0.29, 0.717) is 0 Å². The van der Waals surface area contributed by atoms with Crippen molar-refractivity contribution in [2.24, 2.45) is 5.73 Å². The second-order valence-electron chi connectivity index (χ2n) is 4.29. The number of benzene rings is 1. The Bertz CT molecular complexity index is 343. The van der Waals surface area contributed by atoms with E-state index in [1.165, 1.54) is 17.7 Å². The molecule has 86 valence electrons. The fourth-order valence-corrected chi connectivity index (χ4v) is 2.14. The minimum Gasteiger partial charge on any atom is -0.330 e. The molecule has 0 bridgehead atoms. The van der Waals surface area contributed by atoms with E-state index < -0.39 is 0 Å². The molecule has 0 amide bonds. The van der Waals surface area contributed by atoms with Gasteiger partial charge in [0.05, 0.1) is 0 Å². The van der Waals surface area contributed by atoms with Gasteiger partial charge in [-0.2, -0.15) is 0 Å². The summed E-state index contributed by atoms with van der Waals surface area (Å²) >= 11 is 0. The Kier molecular flexibility index (Phi) is 4.14. The minimum absolute atomic E-state index is 0.797. The summed E-state index contributed by atoms with van der Waals surface area (Å²) in [5.41, 5.74) is 8.39. The molecule has 0 aromatic heterocycles. The van der Waals surface area contributed by atoms with Crippen molar-refractivity contribution in [3.8, 4) is 0 Å². The summed E-state index contributed by atoms with van der Waals surface area (Å²) in [7, 11) is 0. The molecule has 2 heteroatoms. The van der Waals surface area contributed by atoms with Crippen LogP contribution in [0.4, 0.5) is 0 Å². The van der Waals surface area contributed by atoms with Gasteiger partial charge in [0.2, 0.25) is 0 Å². The fraction of sp³-hybridized carbons (Fsp3) is 0.429. The molecule has 2 N–H and O–H groups in total. The summed E-state index contributed by atoms with van der Waals surface area (Å²) < 4.78 is 0. The number of hydrogen-bond acceptors (Lipinski definition) is 2. The van der Waals surface area contributed by atoms with E-state index in [2.05, 4.69) is 41.3 Å². The van der Waals surface area contributed by atoms with Gasteiger partial charge in [-0.05, 0) is 37.1 Å². The maximum atomic E-state index is 5.52. The van der Waals surface area contributed by atoms with Crippen LogP contribution in [0.25, 0.3) is 5.57 Å². The maximum absolute atomic E-state index is 5.52. The minimum atomic E-state index is 0.797. The Morgan fingerprint density at radius 1 is 1.19 bits per heavy atom. The van der Waals surface area contributed by atoms with Crippen LogP contribution in [-0.4, -0.2) is 31.1 Å². The van der Waals surface area contributed by atoms with E-state index in [1.807, 2.05) is 0 Å². The molecule has 0 saturated heterocycles. The van der Waals surface area contributed by atoms with Crippen molar-refractivity contribution in [3.63, 3.8) is 0 Å². The van der Waals surface area contributed by atoms with E-state index in [1.54, 1.807) is 0 Å². The highest BCUT2D eigenvalue weighted by molar-refractivity contribution is 5.66. The van der Waals surface area contributed by atoms with Gasteiger partial charge in [0, 0.05) is 13.1 Å². The molecule has 1 aromatic carbocycles. The average Bonchev–Trinajstić information content (AvgIpc) is 2.38. The van der Waals surface area contributed by atoms with Crippen LogP contribution in [0.2, 0.25) is 0 Å². The summed E-state index contributed by atoms with van der Waals surface area (Å²) in [4.78, 5) is 2.47. The molecule has 1 heterocycles. The van der Waals surface area contributed by atoms with Gasteiger partial charge in [0.25, 0.3) is 0 Å². The summed E-state index contributed by atoms with van der Waals surface area (Å²) in [6.45, 7) is 4.17. The molecule has 16 heavy (non-hydrogen) atoms. The summed E-state index contributed by atoms with van der Waals surface area (Å²) in [5, 5.41) is 0. The number of hydrogen-bond donors (Lipinski definition) is 1. The number of rotatable bonds is 4. The van der Waals surface area contributed by atoms with Crippen LogP contribution in [0.5, 0.6) is 0 Å². The molecule has 2 nitrogen and oxygen atoms in total. The summed E-state index contributed by atoms with van der Waals surface area (Å²) in [5.74, 6) is 0. The van der Waals surface area contributed by atoms with Gasteiger partial charge in [0.1, 0.15) is 0 Å². The average molecular weight is 216 g/mol. The molecule has 0 atom stereocenters. The van der Waals surface area contributed by atoms with Gasteiger partial charge in [-0.15, -0.1) is 0 Å². The fourth-order valence-electron chi connectivity index (χ4n) is 2.14. The highest BCUT2D eigenvalue weighted by Gasteiger charge is 2.11.